The predicted octanol–water partition coefficient (Wildman–Crippen LogP) is 0.316. The first-order valence-corrected chi connectivity index (χ1v) is 5.60. The summed E-state index contributed by atoms with van der Waals surface area (Å²) in [5.74, 6) is -0.338. The Morgan fingerprint density at radius 1 is 1.53 bits per heavy atom. The predicted molar refractivity (Wildman–Crippen MR) is 63.6 cm³/mol. The number of hydrogen-bond acceptors (Lipinski definition) is 3. The van der Waals surface area contributed by atoms with Gasteiger partial charge in [0, 0.05) is 19.3 Å². The number of hydrogen-bond donors (Lipinski definition) is 2. The fourth-order valence-corrected chi connectivity index (χ4v) is 1.51. The van der Waals surface area contributed by atoms with Crippen LogP contribution in [0.5, 0.6) is 0 Å². The van der Waals surface area contributed by atoms with Crippen LogP contribution in [0.25, 0.3) is 0 Å². The molecule has 0 spiro atoms. The van der Waals surface area contributed by atoms with Gasteiger partial charge >= 0.3 is 0 Å². The van der Waals surface area contributed by atoms with E-state index in [2.05, 4.69) is 15.5 Å². The summed E-state index contributed by atoms with van der Waals surface area (Å²) in [4.78, 5) is 25.0. The van der Waals surface area contributed by atoms with E-state index < -0.39 is 0 Å². The zero-order valence-corrected chi connectivity index (χ0v) is 10.4. The van der Waals surface area contributed by atoms with Crippen LogP contribution in [0.15, 0.2) is 6.20 Å². The second kappa shape index (κ2) is 6.03. The summed E-state index contributed by atoms with van der Waals surface area (Å²) in [7, 11) is 1.56. The van der Waals surface area contributed by atoms with Crippen molar-refractivity contribution >= 4 is 11.8 Å². The average molecular weight is 238 g/mol. The highest BCUT2D eigenvalue weighted by Gasteiger charge is 2.20. The van der Waals surface area contributed by atoms with E-state index in [4.69, 9.17) is 0 Å². The van der Waals surface area contributed by atoms with Gasteiger partial charge in [0.2, 0.25) is 5.91 Å². The van der Waals surface area contributed by atoms with Crippen LogP contribution < -0.4 is 5.32 Å². The highest BCUT2D eigenvalue weighted by Crippen LogP contribution is 2.08. The third kappa shape index (κ3) is 3.30. The lowest BCUT2D eigenvalue weighted by molar-refractivity contribution is -0.121. The average Bonchev–Trinajstić information content (AvgIpc) is 2.73. The molecule has 0 fully saturated rings. The van der Waals surface area contributed by atoms with Crippen molar-refractivity contribution < 1.29 is 9.59 Å². The lowest BCUT2D eigenvalue weighted by Crippen LogP contribution is -2.40. The van der Waals surface area contributed by atoms with Crippen molar-refractivity contribution in [1.29, 1.82) is 0 Å². The fraction of sp³-hybridized carbons (Fsp3) is 0.545. The maximum atomic E-state index is 12.2. The van der Waals surface area contributed by atoms with Crippen LogP contribution in [0.3, 0.4) is 0 Å². The molecule has 1 aromatic rings. The van der Waals surface area contributed by atoms with Crippen molar-refractivity contribution in [2.75, 3.05) is 20.1 Å². The van der Waals surface area contributed by atoms with E-state index in [1.807, 2.05) is 6.92 Å². The number of amides is 2. The van der Waals surface area contributed by atoms with Crippen molar-refractivity contribution in [3.8, 4) is 0 Å². The summed E-state index contributed by atoms with van der Waals surface area (Å²) in [6.07, 6.45) is 2.30. The number of likely N-dealkylation sites (N-methyl/N-ethyl adjacent to an activating group) is 1. The topological polar surface area (TPSA) is 78.1 Å². The second-order valence-corrected chi connectivity index (χ2v) is 3.81. The van der Waals surface area contributed by atoms with Gasteiger partial charge in [0.05, 0.1) is 18.3 Å². The number of rotatable bonds is 5. The molecule has 0 aliphatic heterocycles. The van der Waals surface area contributed by atoms with E-state index >= 15 is 0 Å². The normalized spacial score (nSPS) is 10.1. The molecular weight excluding hydrogens is 220 g/mol. The molecule has 17 heavy (non-hydrogen) atoms. The van der Waals surface area contributed by atoms with E-state index in [1.54, 1.807) is 14.0 Å². The smallest absolute Gasteiger partial charge is 0.257 e. The Morgan fingerprint density at radius 2 is 2.24 bits per heavy atom. The summed E-state index contributed by atoms with van der Waals surface area (Å²) >= 11 is 0. The molecule has 1 aromatic heterocycles. The van der Waals surface area contributed by atoms with Crippen LogP contribution in [-0.2, 0) is 4.79 Å². The first-order valence-electron chi connectivity index (χ1n) is 5.60. The monoisotopic (exact) mass is 238 g/mol. The second-order valence-electron chi connectivity index (χ2n) is 3.81. The summed E-state index contributed by atoms with van der Waals surface area (Å²) in [5, 5.41) is 9.04. The maximum Gasteiger partial charge on any atom is 0.257 e. The molecule has 0 atom stereocenters. The number of nitrogens with one attached hydrogen (secondary N) is 2. The third-order valence-corrected chi connectivity index (χ3v) is 2.45. The molecule has 0 unspecified atom stereocenters. The third-order valence-electron chi connectivity index (χ3n) is 2.45. The van der Waals surface area contributed by atoms with E-state index in [1.165, 1.54) is 11.1 Å². The molecule has 0 saturated heterocycles. The zero-order valence-electron chi connectivity index (χ0n) is 10.4. The highest BCUT2D eigenvalue weighted by molar-refractivity contribution is 5.97. The molecule has 0 radical (unpaired) electrons. The number of H-pyrrole nitrogens is 1. The summed E-state index contributed by atoms with van der Waals surface area (Å²) in [5.41, 5.74) is 1.23. The van der Waals surface area contributed by atoms with Crippen molar-refractivity contribution in [2.45, 2.75) is 20.3 Å². The van der Waals surface area contributed by atoms with Gasteiger partial charge in [-0.15, -0.1) is 0 Å². The van der Waals surface area contributed by atoms with Gasteiger partial charge in [-0.3, -0.25) is 14.7 Å². The standard InChI is InChI=1S/C11H18N4O2/c1-4-5-15(7-10(16)12-3)11(17)9-6-13-14-8(9)2/h6H,4-5,7H2,1-3H3,(H,12,16)(H,13,14). The van der Waals surface area contributed by atoms with Gasteiger partial charge in [0.25, 0.3) is 5.91 Å². The van der Waals surface area contributed by atoms with E-state index in [0.29, 0.717) is 17.8 Å². The van der Waals surface area contributed by atoms with Gasteiger partial charge < -0.3 is 10.2 Å². The Bertz CT molecular complexity index is 400. The number of carbonyl (C=O) groups is 2. The molecule has 0 saturated carbocycles. The van der Waals surface area contributed by atoms with Gasteiger partial charge in [0.15, 0.2) is 0 Å². The molecule has 0 aliphatic rings. The lowest BCUT2D eigenvalue weighted by atomic mass is 10.2. The van der Waals surface area contributed by atoms with Gasteiger partial charge in [-0.25, -0.2) is 0 Å². The molecule has 0 bridgehead atoms. The molecule has 6 heteroatoms. The van der Waals surface area contributed by atoms with Crippen molar-refractivity contribution in [3.05, 3.63) is 17.5 Å². The fourth-order valence-electron chi connectivity index (χ4n) is 1.51. The maximum absolute atomic E-state index is 12.2. The minimum absolute atomic E-state index is 0.0772. The van der Waals surface area contributed by atoms with Gasteiger partial charge in [0.1, 0.15) is 0 Å². The highest BCUT2D eigenvalue weighted by atomic mass is 16.2. The Labute approximate surface area is 100 Å². The number of aromatic amines is 1. The van der Waals surface area contributed by atoms with Crippen LogP contribution in [0, 0.1) is 6.92 Å². The molecule has 2 amide bonds. The lowest BCUT2D eigenvalue weighted by Gasteiger charge is -2.20. The minimum Gasteiger partial charge on any atom is -0.358 e. The van der Waals surface area contributed by atoms with Crippen LogP contribution in [-0.4, -0.2) is 47.0 Å². The zero-order chi connectivity index (χ0) is 12.8. The molecule has 0 aliphatic carbocycles. The minimum atomic E-state index is -0.173. The van der Waals surface area contributed by atoms with Crippen LogP contribution in [0.1, 0.15) is 29.4 Å². The summed E-state index contributed by atoms with van der Waals surface area (Å²) in [6, 6.07) is 0. The number of nitrogens with zero attached hydrogens (tertiary/aromatic N) is 2. The van der Waals surface area contributed by atoms with Crippen LogP contribution >= 0.6 is 0 Å². The van der Waals surface area contributed by atoms with Gasteiger partial charge in [-0.2, -0.15) is 5.10 Å². The Morgan fingerprint density at radius 3 is 2.71 bits per heavy atom. The first kappa shape index (κ1) is 13.2. The van der Waals surface area contributed by atoms with E-state index in [-0.39, 0.29) is 18.4 Å². The van der Waals surface area contributed by atoms with Crippen molar-refractivity contribution in [1.82, 2.24) is 20.4 Å². The Balaban J connectivity index is 2.80. The summed E-state index contributed by atoms with van der Waals surface area (Å²) in [6.45, 7) is 4.38. The summed E-state index contributed by atoms with van der Waals surface area (Å²) < 4.78 is 0. The molecule has 2 N–H and O–H groups in total. The molecule has 0 aromatic carbocycles. The molecule has 6 nitrogen and oxygen atoms in total. The van der Waals surface area contributed by atoms with E-state index in [9.17, 15) is 9.59 Å². The molecule has 1 rings (SSSR count). The largest absolute Gasteiger partial charge is 0.358 e. The molecular formula is C11H18N4O2. The Hall–Kier alpha value is -1.85. The quantitative estimate of drug-likeness (QED) is 0.775. The number of carbonyl (C=O) groups excluding carboxylic acids is 2. The number of aromatic nitrogens is 2. The van der Waals surface area contributed by atoms with E-state index in [0.717, 1.165) is 6.42 Å². The van der Waals surface area contributed by atoms with Crippen LogP contribution in [0.4, 0.5) is 0 Å². The Kier molecular flexibility index (Phi) is 4.68. The number of aryl methyl sites for hydroxylation is 1. The van der Waals surface area contributed by atoms with Crippen molar-refractivity contribution in [3.63, 3.8) is 0 Å². The molecule has 1 heterocycles. The van der Waals surface area contributed by atoms with Crippen LogP contribution in [0.2, 0.25) is 0 Å². The molecule has 94 valence electrons. The van der Waals surface area contributed by atoms with Gasteiger partial charge in [-0.1, -0.05) is 6.92 Å². The van der Waals surface area contributed by atoms with Gasteiger partial charge in [-0.05, 0) is 13.3 Å². The van der Waals surface area contributed by atoms with Crippen molar-refractivity contribution in [2.24, 2.45) is 0 Å². The first-order chi connectivity index (χ1) is 8.10. The SMILES string of the molecule is CCCN(CC(=O)NC)C(=O)c1cn[nH]c1C.